The van der Waals surface area contributed by atoms with E-state index in [0.29, 0.717) is 17.1 Å². The summed E-state index contributed by atoms with van der Waals surface area (Å²) in [7, 11) is 0.836. The summed E-state index contributed by atoms with van der Waals surface area (Å²) in [5.74, 6) is 1.06. The Morgan fingerprint density at radius 2 is 0.735 bits per heavy atom. The van der Waals surface area contributed by atoms with Crippen LogP contribution in [0.4, 0.5) is 0 Å². The number of rotatable bonds is 10. The van der Waals surface area contributed by atoms with Crippen LogP contribution < -0.4 is 30.7 Å². The maximum Gasteiger partial charge on any atom is 0.200 e. The predicted octanol–water partition coefficient (Wildman–Crippen LogP) is 8.86. The van der Waals surface area contributed by atoms with E-state index in [2.05, 4.69) is 43.3 Å². The first-order valence-electron chi connectivity index (χ1n) is 16.0. The molecule has 49 heavy (non-hydrogen) atoms. The molecule has 4 nitrogen and oxygen atoms in total. The van der Waals surface area contributed by atoms with E-state index in [0.717, 1.165) is 37.9 Å². The summed E-state index contributed by atoms with van der Waals surface area (Å²) in [6.45, 7) is 6.15. The topological polar surface area (TPSA) is 52.6 Å². The van der Waals surface area contributed by atoms with Crippen LogP contribution in [0.2, 0.25) is 0 Å². The Labute approximate surface area is 292 Å². The summed E-state index contributed by atoms with van der Waals surface area (Å²) < 4.78 is 10.9. The minimum atomic E-state index is -1.23. The van der Waals surface area contributed by atoms with Crippen molar-refractivity contribution in [2.75, 3.05) is 14.2 Å². The third kappa shape index (κ3) is 8.41. The van der Waals surface area contributed by atoms with Crippen molar-refractivity contribution in [1.29, 1.82) is 0 Å². The van der Waals surface area contributed by atoms with E-state index < -0.39 is 15.8 Å². The highest BCUT2D eigenvalue weighted by atomic mass is 31.1. The normalized spacial score (nSPS) is 10.7. The Morgan fingerprint density at radius 1 is 0.429 bits per heavy atom. The van der Waals surface area contributed by atoms with Crippen LogP contribution in [0.5, 0.6) is 11.5 Å². The minimum absolute atomic E-state index is 0.0155. The van der Waals surface area contributed by atoms with Gasteiger partial charge < -0.3 is 9.47 Å². The predicted molar refractivity (Wildman–Crippen MR) is 207 cm³/mol. The third-order valence-electron chi connectivity index (χ3n) is 8.00. The highest BCUT2D eigenvalue weighted by Gasteiger charge is 2.29. The van der Waals surface area contributed by atoms with Gasteiger partial charge >= 0.3 is 0 Å². The summed E-state index contributed by atoms with van der Waals surface area (Å²) in [5, 5.41) is 4.20. The van der Waals surface area contributed by atoms with Gasteiger partial charge in [-0.1, -0.05) is 145 Å². The third-order valence-corrected chi connectivity index (χ3v) is 12.5. The number of aryl methyl sites for hydroxylation is 3. The molecule has 0 saturated carbocycles. The standard InChI is InChI=1S/C22H21OP.C21H19O3P/c1-16-14-17(2)21(18(3)15-16)22(23)24(19-10-6-4-7-11-19)20-12-8-5-9-13-20;1-23-18-14-9-15-19(24-2)20(18)21(22)25(16-10-5-3-6-11-16)17-12-7-4-8-13-17/h4-15H,1-3H3;3-15H,1-2H3. The first-order chi connectivity index (χ1) is 23.8. The number of benzene rings is 6. The Balaban J connectivity index is 0.000000191. The molecule has 0 saturated heterocycles. The fraction of sp³-hybridized carbons (Fsp3) is 0.116. The van der Waals surface area contributed by atoms with Crippen LogP contribution in [-0.4, -0.2) is 25.3 Å². The molecule has 0 spiro atoms. The maximum atomic E-state index is 13.6. The summed E-state index contributed by atoms with van der Waals surface area (Å²) in [6.07, 6.45) is 0. The fourth-order valence-corrected chi connectivity index (χ4v) is 10.3. The van der Waals surface area contributed by atoms with Crippen molar-refractivity contribution < 1.29 is 19.1 Å². The summed E-state index contributed by atoms with van der Waals surface area (Å²) in [5.41, 5.74) is 4.95. The Morgan fingerprint density at radius 3 is 1.04 bits per heavy atom. The van der Waals surface area contributed by atoms with Gasteiger partial charge in [0.2, 0.25) is 5.52 Å². The minimum Gasteiger partial charge on any atom is -0.496 e. The molecule has 0 unspecified atom stereocenters. The number of hydrogen-bond acceptors (Lipinski definition) is 4. The zero-order valence-electron chi connectivity index (χ0n) is 28.5. The van der Waals surface area contributed by atoms with Crippen molar-refractivity contribution in [2.24, 2.45) is 0 Å². The lowest BCUT2D eigenvalue weighted by Gasteiger charge is -2.20. The molecule has 6 aromatic carbocycles. The largest absolute Gasteiger partial charge is 0.496 e. The molecule has 0 N–H and O–H groups in total. The highest BCUT2D eigenvalue weighted by Crippen LogP contribution is 2.43. The van der Waals surface area contributed by atoms with Gasteiger partial charge in [-0.3, -0.25) is 9.59 Å². The summed E-state index contributed by atoms with van der Waals surface area (Å²) >= 11 is 0. The van der Waals surface area contributed by atoms with Crippen molar-refractivity contribution in [2.45, 2.75) is 20.8 Å². The average molecular weight is 683 g/mol. The molecule has 0 atom stereocenters. The number of hydrogen-bond donors (Lipinski definition) is 0. The van der Waals surface area contributed by atoms with E-state index in [4.69, 9.17) is 9.47 Å². The molecule has 0 amide bonds. The molecule has 6 rings (SSSR count). The van der Waals surface area contributed by atoms with Crippen molar-refractivity contribution in [1.82, 2.24) is 0 Å². The number of methoxy groups -OCH3 is 2. The second-order valence-electron chi connectivity index (χ2n) is 11.4. The monoisotopic (exact) mass is 682 g/mol. The van der Waals surface area contributed by atoms with Gasteiger partial charge in [-0.2, -0.15) is 0 Å². The first kappa shape index (κ1) is 35.4. The van der Waals surface area contributed by atoms with Crippen LogP contribution in [-0.2, 0) is 0 Å². The van der Waals surface area contributed by atoms with Gasteiger partial charge in [0.05, 0.1) is 14.2 Å². The molecule has 6 aromatic rings. The molecule has 6 heteroatoms. The van der Waals surface area contributed by atoms with Crippen molar-refractivity contribution in [3.63, 3.8) is 0 Å². The van der Waals surface area contributed by atoms with Crippen LogP contribution in [0.1, 0.15) is 37.4 Å². The van der Waals surface area contributed by atoms with Gasteiger partial charge in [-0.15, -0.1) is 0 Å². The molecule has 0 radical (unpaired) electrons. The molecule has 0 bridgehead atoms. The summed E-state index contributed by atoms with van der Waals surface area (Å²) in [4.78, 5) is 27.1. The lowest BCUT2D eigenvalue weighted by molar-refractivity contribution is 0.107. The first-order valence-corrected chi connectivity index (χ1v) is 18.7. The van der Waals surface area contributed by atoms with Crippen LogP contribution in [0.3, 0.4) is 0 Å². The second kappa shape index (κ2) is 17.0. The molecular weight excluding hydrogens is 642 g/mol. The lowest BCUT2D eigenvalue weighted by Crippen LogP contribution is -2.19. The zero-order chi connectivity index (χ0) is 34.8. The van der Waals surface area contributed by atoms with Crippen LogP contribution in [0.25, 0.3) is 0 Å². The molecule has 0 aliphatic carbocycles. The van der Waals surface area contributed by atoms with Crippen LogP contribution in [0.15, 0.2) is 152 Å². The van der Waals surface area contributed by atoms with E-state index in [-0.39, 0.29) is 11.0 Å². The Kier molecular flexibility index (Phi) is 12.3. The molecule has 0 aliphatic rings. The van der Waals surface area contributed by atoms with E-state index in [1.54, 1.807) is 26.4 Å². The van der Waals surface area contributed by atoms with Gasteiger partial charge in [-0.05, 0) is 65.2 Å². The SMILES string of the molecule is COc1cccc(OC)c1C(=O)P(c1ccccc1)c1ccccc1.Cc1cc(C)c(C(=O)P(c2ccccc2)c2ccccc2)c(C)c1. The second-order valence-corrected chi connectivity index (χ2v) is 15.7. The highest BCUT2D eigenvalue weighted by molar-refractivity contribution is 7.88. The quantitative estimate of drug-likeness (QED) is 0.136. The van der Waals surface area contributed by atoms with Crippen LogP contribution >= 0.6 is 15.8 Å². The number of ether oxygens (including phenoxy) is 2. The molecular formula is C43H40O4P2. The number of carbonyl (C=O) groups is 2. The van der Waals surface area contributed by atoms with E-state index in [1.165, 1.54) is 5.56 Å². The lowest BCUT2D eigenvalue weighted by atomic mass is 10.0. The summed E-state index contributed by atoms with van der Waals surface area (Å²) in [6, 6.07) is 49.6. The average Bonchev–Trinajstić information content (AvgIpc) is 3.13. The van der Waals surface area contributed by atoms with E-state index >= 15 is 0 Å². The molecule has 246 valence electrons. The van der Waals surface area contributed by atoms with Gasteiger partial charge in [-0.25, -0.2) is 0 Å². The zero-order valence-corrected chi connectivity index (χ0v) is 30.3. The van der Waals surface area contributed by atoms with E-state index in [1.807, 2.05) is 117 Å². The smallest absolute Gasteiger partial charge is 0.200 e. The Bertz CT molecular complexity index is 1870. The van der Waals surface area contributed by atoms with Crippen molar-refractivity contribution in [3.05, 3.63) is 179 Å². The molecule has 0 aromatic heterocycles. The van der Waals surface area contributed by atoms with Crippen molar-refractivity contribution in [3.8, 4) is 11.5 Å². The van der Waals surface area contributed by atoms with Gasteiger partial charge in [0.25, 0.3) is 0 Å². The maximum absolute atomic E-state index is 13.6. The molecule has 0 fully saturated rings. The van der Waals surface area contributed by atoms with Gasteiger partial charge in [0.15, 0.2) is 5.52 Å². The molecule has 0 aliphatic heterocycles. The van der Waals surface area contributed by atoms with E-state index in [9.17, 15) is 9.59 Å². The fourth-order valence-electron chi connectivity index (χ4n) is 5.88. The van der Waals surface area contributed by atoms with Crippen LogP contribution in [0, 0.1) is 20.8 Å². The van der Waals surface area contributed by atoms with Crippen molar-refractivity contribution >= 4 is 48.1 Å². The Hall–Kier alpha value is -4.88. The molecule has 0 heterocycles. The van der Waals surface area contributed by atoms with Gasteiger partial charge in [0, 0.05) is 21.4 Å². The van der Waals surface area contributed by atoms with Gasteiger partial charge in [0.1, 0.15) is 17.1 Å². The number of carbonyl (C=O) groups excluding carboxylic acids is 2.